The van der Waals surface area contributed by atoms with Gasteiger partial charge in [0.1, 0.15) is 4.88 Å². The number of fused-ring (bicyclic) bond motifs is 1. The predicted octanol–water partition coefficient (Wildman–Crippen LogP) is 2.60. The molecular weight excluding hydrogens is 268 g/mol. The molecule has 1 aromatic carbocycles. The minimum atomic E-state index is -0.445. The molecule has 0 spiro atoms. The third kappa shape index (κ3) is 2.26. The molecule has 2 rings (SSSR count). The molecule has 0 aliphatic carbocycles. The van der Waals surface area contributed by atoms with Crippen LogP contribution in [0.4, 0.5) is 0 Å². The van der Waals surface area contributed by atoms with Gasteiger partial charge in [-0.05, 0) is 13.0 Å². The molecule has 0 atom stereocenters. The number of esters is 1. The fourth-order valence-electron chi connectivity index (χ4n) is 1.75. The van der Waals surface area contributed by atoms with Crippen molar-refractivity contribution in [2.24, 2.45) is 0 Å². The molecule has 0 saturated heterocycles. The topological polar surface area (TPSA) is 72.8 Å². The van der Waals surface area contributed by atoms with Crippen molar-refractivity contribution in [3.8, 4) is 11.5 Å². The highest BCUT2D eigenvalue weighted by atomic mass is 32.1. The fraction of sp³-hybridized carbons (Fsp3) is 0.231. The van der Waals surface area contributed by atoms with E-state index in [2.05, 4.69) is 0 Å². The van der Waals surface area contributed by atoms with Crippen LogP contribution in [0.5, 0.6) is 11.5 Å². The van der Waals surface area contributed by atoms with Crippen molar-refractivity contribution in [1.29, 1.82) is 0 Å². The average molecular weight is 280 g/mol. The van der Waals surface area contributed by atoms with Crippen molar-refractivity contribution in [3.05, 3.63) is 22.6 Å². The maximum absolute atomic E-state index is 11.7. The lowest BCUT2D eigenvalue weighted by molar-refractivity contribution is 0.0532. The van der Waals surface area contributed by atoms with E-state index < -0.39 is 5.97 Å². The molecule has 100 valence electrons. The van der Waals surface area contributed by atoms with Gasteiger partial charge in [0.05, 0.1) is 19.3 Å². The number of aromatic hydroxyl groups is 1. The summed E-state index contributed by atoms with van der Waals surface area (Å²) in [6.45, 7) is 2.00. The Hall–Kier alpha value is -2.08. The van der Waals surface area contributed by atoms with E-state index in [1.165, 1.54) is 18.4 Å². The van der Waals surface area contributed by atoms with E-state index in [1.54, 1.807) is 19.1 Å². The van der Waals surface area contributed by atoms with E-state index in [-0.39, 0.29) is 23.7 Å². The van der Waals surface area contributed by atoms with Crippen molar-refractivity contribution in [1.82, 2.24) is 0 Å². The second kappa shape index (κ2) is 5.27. The summed E-state index contributed by atoms with van der Waals surface area (Å²) in [5.41, 5.74) is 0.112. The summed E-state index contributed by atoms with van der Waals surface area (Å²) < 4.78 is 10.6. The number of thiophene rings is 1. The number of hydrogen-bond donors (Lipinski definition) is 1. The first-order valence-corrected chi connectivity index (χ1v) is 6.39. The Kier molecular flexibility index (Phi) is 3.71. The zero-order chi connectivity index (χ0) is 14.0. The lowest BCUT2D eigenvalue weighted by atomic mass is 10.1. The van der Waals surface area contributed by atoms with Crippen LogP contribution in [-0.2, 0) is 4.74 Å². The van der Waals surface area contributed by atoms with Gasteiger partial charge in [-0.1, -0.05) is 0 Å². The molecule has 0 radical (unpaired) electrons. The summed E-state index contributed by atoms with van der Waals surface area (Å²) in [4.78, 5) is 23.1. The van der Waals surface area contributed by atoms with Crippen LogP contribution in [0, 0.1) is 0 Å². The summed E-state index contributed by atoms with van der Waals surface area (Å²) in [5.74, 6) is -0.468. The summed E-state index contributed by atoms with van der Waals surface area (Å²) in [7, 11) is 1.40. The van der Waals surface area contributed by atoms with Crippen molar-refractivity contribution in [3.63, 3.8) is 0 Å². The first-order chi connectivity index (χ1) is 9.12. The van der Waals surface area contributed by atoms with Crippen molar-refractivity contribution >= 4 is 33.7 Å². The van der Waals surface area contributed by atoms with Gasteiger partial charge in [0.15, 0.2) is 17.8 Å². The molecule has 2 aromatic rings. The van der Waals surface area contributed by atoms with Crippen LogP contribution in [0.2, 0.25) is 0 Å². The molecule has 6 heteroatoms. The Labute approximate surface area is 113 Å². The fourth-order valence-corrected chi connectivity index (χ4v) is 2.75. The highest BCUT2D eigenvalue weighted by molar-refractivity contribution is 7.20. The van der Waals surface area contributed by atoms with Gasteiger partial charge in [-0.3, -0.25) is 4.79 Å². The molecule has 1 aromatic heterocycles. The number of phenols is 1. The quantitative estimate of drug-likeness (QED) is 0.688. The van der Waals surface area contributed by atoms with Crippen molar-refractivity contribution in [2.75, 3.05) is 13.7 Å². The maximum atomic E-state index is 11.7. The van der Waals surface area contributed by atoms with Gasteiger partial charge < -0.3 is 14.6 Å². The number of rotatable bonds is 4. The van der Waals surface area contributed by atoms with Gasteiger partial charge in [0.25, 0.3) is 0 Å². The van der Waals surface area contributed by atoms with Crippen LogP contribution in [0.3, 0.4) is 0 Å². The number of phenolic OH excluding ortho intramolecular Hbond substituents is 1. The van der Waals surface area contributed by atoms with Crippen molar-refractivity contribution in [2.45, 2.75) is 6.92 Å². The third-order valence-corrected chi connectivity index (χ3v) is 3.68. The number of carbonyl (C=O) groups is 2. The number of carbonyl (C=O) groups excluding carboxylic acids is 2. The number of benzene rings is 1. The number of aldehydes is 1. The molecular formula is C13H12O5S. The van der Waals surface area contributed by atoms with E-state index in [1.807, 2.05) is 0 Å². The largest absolute Gasteiger partial charge is 0.504 e. The molecule has 0 amide bonds. The van der Waals surface area contributed by atoms with Crippen molar-refractivity contribution < 1.29 is 24.2 Å². The van der Waals surface area contributed by atoms with E-state index in [9.17, 15) is 14.7 Å². The Morgan fingerprint density at radius 1 is 1.47 bits per heavy atom. The number of methoxy groups -OCH3 is 1. The predicted molar refractivity (Wildman–Crippen MR) is 71.4 cm³/mol. The van der Waals surface area contributed by atoms with E-state index in [0.717, 1.165) is 0 Å². The molecule has 1 N–H and O–H groups in total. The molecule has 19 heavy (non-hydrogen) atoms. The first-order valence-electron chi connectivity index (χ1n) is 5.58. The summed E-state index contributed by atoms with van der Waals surface area (Å²) in [6.07, 6.45) is 0.543. The molecule has 1 heterocycles. The standard InChI is InChI=1S/C13H12O5S/c1-3-18-13(16)11-4-7-8(6-14)12(15)9(17-2)5-10(7)19-11/h4-6,15H,3H2,1-2H3. The normalized spacial score (nSPS) is 10.4. The van der Waals surface area contributed by atoms with Crippen LogP contribution in [0.1, 0.15) is 27.0 Å². The van der Waals surface area contributed by atoms with Crippen LogP contribution in [0.25, 0.3) is 10.1 Å². The molecule has 0 fully saturated rings. The Bertz CT molecular complexity index is 644. The third-order valence-electron chi connectivity index (χ3n) is 2.62. The minimum absolute atomic E-state index is 0.112. The SMILES string of the molecule is CCOC(=O)c1cc2c(C=O)c(O)c(OC)cc2s1. The summed E-state index contributed by atoms with van der Waals surface area (Å²) in [5, 5.41) is 10.4. The molecule has 5 nitrogen and oxygen atoms in total. The number of ether oxygens (including phenoxy) is 2. The highest BCUT2D eigenvalue weighted by Gasteiger charge is 2.18. The molecule has 0 saturated carbocycles. The average Bonchev–Trinajstić information content (AvgIpc) is 2.82. The summed E-state index contributed by atoms with van der Waals surface area (Å²) >= 11 is 1.19. The zero-order valence-corrected chi connectivity index (χ0v) is 11.2. The molecule has 0 aliphatic rings. The van der Waals surface area contributed by atoms with E-state index >= 15 is 0 Å². The zero-order valence-electron chi connectivity index (χ0n) is 10.4. The van der Waals surface area contributed by atoms with Crippen LogP contribution >= 0.6 is 11.3 Å². The smallest absolute Gasteiger partial charge is 0.348 e. The van der Waals surface area contributed by atoms with Gasteiger partial charge in [-0.2, -0.15) is 0 Å². The maximum Gasteiger partial charge on any atom is 0.348 e. The Morgan fingerprint density at radius 2 is 2.21 bits per heavy atom. The first kappa shape index (κ1) is 13.4. The lowest BCUT2D eigenvalue weighted by Gasteiger charge is -2.05. The summed E-state index contributed by atoms with van der Waals surface area (Å²) in [6, 6.07) is 3.13. The van der Waals surface area contributed by atoms with Gasteiger partial charge >= 0.3 is 5.97 Å². The van der Waals surface area contributed by atoms with Crippen LogP contribution < -0.4 is 4.74 Å². The Balaban J connectivity index is 2.65. The highest BCUT2D eigenvalue weighted by Crippen LogP contribution is 2.39. The Morgan fingerprint density at radius 3 is 2.79 bits per heavy atom. The minimum Gasteiger partial charge on any atom is -0.504 e. The monoisotopic (exact) mass is 280 g/mol. The molecule has 0 bridgehead atoms. The van der Waals surface area contributed by atoms with Gasteiger partial charge in [0, 0.05) is 16.2 Å². The number of hydrogen-bond acceptors (Lipinski definition) is 6. The second-order valence-electron chi connectivity index (χ2n) is 3.70. The lowest BCUT2D eigenvalue weighted by Crippen LogP contribution is -2.01. The molecule has 0 aliphatic heterocycles. The van der Waals surface area contributed by atoms with Crippen LogP contribution in [0.15, 0.2) is 12.1 Å². The van der Waals surface area contributed by atoms with E-state index in [0.29, 0.717) is 21.2 Å². The molecule has 0 unspecified atom stereocenters. The van der Waals surface area contributed by atoms with Gasteiger partial charge in [-0.15, -0.1) is 11.3 Å². The van der Waals surface area contributed by atoms with E-state index in [4.69, 9.17) is 9.47 Å². The van der Waals surface area contributed by atoms with Crippen LogP contribution in [-0.4, -0.2) is 31.1 Å². The van der Waals surface area contributed by atoms with Gasteiger partial charge in [0.2, 0.25) is 0 Å². The second-order valence-corrected chi connectivity index (χ2v) is 4.79. The van der Waals surface area contributed by atoms with Gasteiger partial charge in [-0.25, -0.2) is 4.79 Å².